The molecule has 4 unspecified atom stereocenters. The van der Waals surface area contributed by atoms with E-state index in [1.807, 2.05) is 12.3 Å². The Morgan fingerprint density at radius 3 is 2.54 bits per heavy atom. The van der Waals surface area contributed by atoms with E-state index in [0.29, 0.717) is 0 Å². The number of rotatable bonds is 10. The average Bonchev–Trinajstić information content (AvgIpc) is 3.30. The molecule has 2 heterocycles. The Balaban J connectivity index is 1.20. The summed E-state index contributed by atoms with van der Waals surface area (Å²) >= 11 is 0. The standard InChI is InChI=1S/C27H37N5O3/c1-20-16-31(17-21(2)32(20)19-27(33)34)18-25-14-26(30-35-25)24-10-8-23(9-11-24)15-29-28-13-12-22-6-4-3-5-7-22/h3-11,15,20-21,25-26,28,30H,12-14,16-19H2,1-2H3,(H,33,34). The molecule has 0 radical (unpaired) electrons. The summed E-state index contributed by atoms with van der Waals surface area (Å²) in [5.74, 6) is -0.764. The lowest BCUT2D eigenvalue weighted by Gasteiger charge is -2.44. The van der Waals surface area contributed by atoms with Gasteiger partial charge in [0.15, 0.2) is 0 Å². The van der Waals surface area contributed by atoms with Gasteiger partial charge < -0.3 is 10.5 Å². The van der Waals surface area contributed by atoms with E-state index in [1.165, 1.54) is 11.1 Å². The Hall–Kier alpha value is -2.78. The third kappa shape index (κ3) is 7.35. The largest absolute Gasteiger partial charge is 0.480 e. The maximum Gasteiger partial charge on any atom is 0.317 e. The highest BCUT2D eigenvalue weighted by atomic mass is 16.7. The van der Waals surface area contributed by atoms with Crippen LogP contribution in [0.25, 0.3) is 0 Å². The topological polar surface area (TPSA) is 89.4 Å². The SMILES string of the molecule is CC1CN(CC2CC(c3ccc(C=NNCCc4ccccc4)cc3)NO2)CC(C)N1CC(=O)O. The molecule has 8 nitrogen and oxygen atoms in total. The molecule has 0 amide bonds. The zero-order valence-corrected chi connectivity index (χ0v) is 20.6. The number of nitrogens with zero attached hydrogens (tertiary/aromatic N) is 3. The zero-order chi connectivity index (χ0) is 24.6. The second kappa shape index (κ2) is 12.3. The van der Waals surface area contributed by atoms with Crippen LogP contribution in [0, 0.1) is 0 Å². The molecular weight excluding hydrogens is 442 g/mol. The quantitative estimate of drug-likeness (QED) is 0.274. The molecule has 4 rings (SSSR count). The summed E-state index contributed by atoms with van der Waals surface area (Å²) in [5, 5.41) is 13.5. The number of nitrogens with one attached hydrogen (secondary N) is 2. The van der Waals surface area contributed by atoms with E-state index in [1.54, 1.807) is 0 Å². The van der Waals surface area contributed by atoms with Crippen molar-refractivity contribution in [3.63, 3.8) is 0 Å². The van der Waals surface area contributed by atoms with Gasteiger partial charge >= 0.3 is 5.97 Å². The van der Waals surface area contributed by atoms with Crippen LogP contribution < -0.4 is 10.9 Å². The van der Waals surface area contributed by atoms with E-state index < -0.39 is 5.97 Å². The van der Waals surface area contributed by atoms with Gasteiger partial charge in [-0.3, -0.25) is 19.4 Å². The summed E-state index contributed by atoms with van der Waals surface area (Å²) < 4.78 is 0. The third-order valence-electron chi connectivity index (χ3n) is 6.84. The van der Waals surface area contributed by atoms with Crippen LogP contribution in [0.2, 0.25) is 0 Å². The van der Waals surface area contributed by atoms with Gasteiger partial charge in [0.05, 0.1) is 24.9 Å². The summed E-state index contributed by atoms with van der Waals surface area (Å²) in [4.78, 5) is 21.5. The molecule has 8 heteroatoms. The number of hydrazone groups is 1. The highest BCUT2D eigenvalue weighted by Crippen LogP contribution is 2.27. The average molecular weight is 480 g/mol. The van der Waals surface area contributed by atoms with Crippen molar-refractivity contribution >= 4 is 12.2 Å². The van der Waals surface area contributed by atoms with Crippen molar-refractivity contribution in [2.75, 3.05) is 32.7 Å². The van der Waals surface area contributed by atoms with Crippen LogP contribution >= 0.6 is 0 Å². The Morgan fingerprint density at radius 2 is 1.86 bits per heavy atom. The number of hydrogen-bond acceptors (Lipinski definition) is 7. The first-order valence-corrected chi connectivity index (χ1v) is 12.5. The fraction of sp³-hybridized carbons (Fsp3) is 0.481. The smallest absolute Gasteiger partial charge is 0.317 e. The Labute approximate surface area is 207 Å². The van der Waals surface area contributed by atoms with E-state index in [2.05, 4.69) is 88.2 Å². The molecule has 2 aliphatic rings. The summed E-state index contributed by atoms with van der Waals surface area (Å²) in [6.07, 6.45) is 3.82. The predicted molar refractivity (Wildman–Crippen MR) is 137 cm³/mol. The number of hydrogen-bond donors (Lipinski definition) is 3. The van der Waals surface area contributed by atoms with E-state index in [9.17, 15) is 4.79 Å². The molecule has 2 fully saturated rings. The number of benzene rings is 2. The van der Waals surface area contributed by atoms with Crippen LogP contribution in [0.4, 0.5) is 0 Å². The highest BCUT2D eigenvalue weighted by Gasteiger charge is 2.34. The van der Waals surface area contributed by atoms with Gasteiger partial charge in [0.2, 0.25) is 0 Å². The van der Waals surface area contributed by atoms with Crippen LogP contribution in [0.15, 0.2) is 59.7 Å². The first-order valence-electron chi connectivity index (χ1n) is 12.5. The van der Waals surface area contributed by atoms with Crippen LogP contribution in [0.3, 0.4) is 0 Å². The first kappa shape index (κ1) is 25.3. The maximum absolute atomic E-state index is 11.1. The molecule has 0 saturated carbocycles. The normalized spacial score (nSPS) is 25.8. The van der Waals surface area contributed by atoms with Crippen LogP contribution in [0.1, 0.15) is 43.0 Å². The lowest BCUT2D eigenvalue weighted by Crippen LogP contribution is -2.58. The van der Waals surface area contributed by atoms with Crippen molar-refractivity contribution in [1.82, 2.24) is 20.7 Å². The van der Waals surface area contributed by atoms with Crippen LogP contribution in [-0.2, 0) is 16.1 Å². The van der Waals surface area contributed by atoms with Gasteiger partial charge in [0.1, 0.15) is 0 Å². The molecular formula is C27H37N5O3. The minimum atomic E-state index is -0.764. The number of carboxylic acid groups (broad SMARTS) is 1. The molecule has 0 bridgehead atoms. The third-order valence-corrected chi connectivity index (χ3v) is 6.84. The Morgan fingerprint density at radius 1 is 1.14 bits per heavy atom. The highest BCUT2D eigenvalue weighted by molar-refractivity contribution is 5.79. The molecule has 188 valence electrons. The van der Waals surface area contributed by atoms with E-state index in [-0.39, 0.29) is 30.8 Å². The van der Waals surface area contributed by atoms with Crippen molar-refractivity contribution in [1.29, 1.82) is 0 Å². The Bertz CT molecular complexity index is 957. The van der Waals surface area contributed by atoms with Gasteiger partial charge in [0.25, 0.3) is 0 Å². The minimum Gasteiger partial charge on any atom is -0.480 e. The Kier molecular flexibility index (Phi) is 8.87. The number of carbonyl (C=O) groups is 1. The molecule has 2 aromatic carbocycles. The van der Waals surface area contributed by atoms with Gasteiger partial charge in [-0.2, -0.15) is 10.6 Å². The molecule has 35 heavy (non-hydrogen) atoms. The molecule has 0 aliphatic carbocycles. The molecule has 2 saturated heterocycles. The van der Waals surface area contributed by atoms with Crippen molar-refractivity contribution < 1.29 is 14.7 Å². The van der Waals surface area contributed by atoms with Crippen LogP contribution in [-0.4, -0.2) is 78.0 Å². The number of aliphatic carboxylic acids is 1. The molecule has 2 aliphatic heterocycles. The lowest BCUT2D eigenvalue weighted by molar-refractivity contribution is -0.140. The van der Waals surface area contributed by atoms with Gasteiger partial charge in [-0.1, -0.05) is 54.6 Å². The van der Waals surface area contributed by atoms with Gasteiger partial charge in [-0.15, -0.1) is 0 Å². The van der Waals surface area contributed by atoms with Crippen molar-refractivity contribution in [3.8, 4) is 0 Å². The fourth-order valence-corrected chi connectivity index (χ4v) is 5.07. The van der Waals surface area contributed by atoms with E-state index in [0.717, 1.165) is 44.6 Å². The molecule has 0 aromatic heterocycles. The van der Waals surface area contributed by atoms with E-state index >= 15 is 0 Å². The number of hydroxylamine groups is 1. The van der Waals surface area contributed by atoms with Crippen LogP contribution in [0.5, 0.6) is 0 Å². The van der Waals surface area contributed by atoms with Gasteiger partial charge in [-0.25, -0.2) is 0 Å². The molecule has 2 aromatic rings. The summed E-state index contributed by atoms with van der Waals surface area (Å²) in [6, 6.07) is 19.4. The maximum atomic E-state index is 11.1. The van der Waals surface area contributed by atoms with E-state index in [4.69, 9.17) is 9.94 Å². The first-order chi connectivity index (χ1) is 17.0. The van der Waals surface area contributed by atoms with Gasteiger partial charge in [-0.05, 0) is 43.4 Å². The molecule has 3 N–H and O–H groups in total. The molecule has 0 spiro atoms. The predicted octanol–water partition coefficient (Wildman–Crippen LogP) is 2.67. The number of carboxylic acids is 1. The van der Waals surface area contributed by atoms with Gasteiger partial charge in [0, 0.05) is 38.3 Å². The summed E-state index contributed by atoms with van der Waals surface area (Å²) in [6.45, 7) is 7.67. The fourth-order valence-electron chi connectivity index (χ4n) is 5.07. The summed E-state index contributed by atoms with van der Waals surface area (Å²) in [5.41, 5.74) is 9.88. The minimum absolute atomic E-state index is 0.101. The lowest BCUT2D eigenvalue weighted by atomic mass is 10.0. The zero-order valence-electron chi connectivity index (χ0n) is 20.6. The second-order valence-electron chi connectivity index (χ2n) is 9.70. The summed E-state index contributed by atoms with van der Waals surface area (Å²) in [7, 11) is 0. The van der Waals surface area contributed by atoms with Crippen molar-refractivity contribution in [2.24, 2.45) is 5.10 Å². The second-order valence-corrected chi connectivity index (χ2v) is 9.70. The van der Waals surface area contributed by atoms with Crippen molar-refractivity contribution in [3.05, 3.63) is 71.3 Å². The number of piperazine rings is 1. The van der Waals surface area contributed by atoms with Crippen molar-refractivity contribution in [2.45, 2.75) is 50.9 Å². The molecule has 4 atom stereocenters. The monoisotopic (exact) mass is 479 g/mol.